The molecule has 0 spiro atoms. The average Bonchev–Trinajstić information content (AvgIpc) is 3.26. The van der Waals surface area contributed by atoms with Crippen molar-refractivity contribution in [2.24, 2.45) is 17.6 Å². The van der Waals surface area contributed by atoms with E-state index in [0.717, 1.165) is 23.1 Å². The van der Waals surface area contributed by atoms with Crippen LogP contribution >= 0.6 is 11.3 Å². The molecule has 0 radical (unpaired) electrons. The molecule has 31 heavy (non-hydrogen) atoms. The van der Waals surface area contributed by atoms with Gasteiger partial charge in [-0.3, -0.25) is 4.79 Å². The number of primary amides is 1. The predicted molar refractivity (Wildman–Crippen MR) is 120 cm³/mol. The van der Waals surface area contributed by atoms with Crippen LogP contribution in [0.5, 0.6) is 0 Å². The number of carbonyl (C=O) groups is 1. The van der Waals surface area contributed by atoms with Crippen LogP contribution < -0.4 is 16.8 Å². The summed E-state index contributed by atoms with van der Waals surface area (Å²) < 4.78 is 6.05. The maximum atomic E-state index is 11.9. The fourth-order valence-corrected chi connectivity index (χ4v) is 4.89. The van der Waals surface area contributed by atoms with E-state index in [1.54, 1.807) is 0 Å². The lowest BCUT2D eigenvalue weighted by molar-refractivity contribution is 0.100. The first-order chi connectivity index (χ1) is 15.0. The number of aliphatic hydroxyl groups is 1. The number of nitrogens with two attached hydrogens (primary N) is 2. The summed E-state index contributed by atoms with van der Waals surface area (Å²) in [6, 6.07) is 11.6. The van der Waals surface area contributed by atoms with Crippen LogP contribution in [-0.4, -0.2) is 29.1 Å². The lowest BCUT2D eigenvalue weighted by atomic mass is 10.0. The van der Waals surface area contributed by atoms with Gasteiger partial charge in [0.2, 0.25) is 0 Å². The third-order valence-corrected chi connectivity index (χ3v) is 6.83. The number of aliphatic hydroxyl groups excluding tert-OH is 1. The van der Waals surface area contributed by atoms with E-state index in [1.807, 2.05) is 30.3 Å². The third kappa shape index (κ3) is 3.17. The number of nitriles is 1. The fourth-order valence-electron chi connectivity index (χ4n) is 3.94. The van der Waals surface area contributed by atoms with Crippen molar-refractivity contribution in [2.75, 3.05) is 24.2 Å². The van der Waals surface area contributed by atoms with Crippen molar-refractivity contribution < 1.29 is 14.3 Å². The lowest BCUT2D eigenvalue weighted by Gasteiger charge is -2.11. The quantitative estimate of drug-likeness (QED) is 0.364. The number of aromatic nitrogens is 1. The van der Waals surface area contributed by atoms with Gasteiger partial charge in [0.25, 0.3) is 5.91 Å². The molecule has 8 nitrogen and oxygen atoms in total. The van der Waals surface area contributed by atoms with Gasteiger partial charge in [-0.1, -0.05) is 18.2 Å². The van der Waals surface area contributed by atoms with Crippen molar-refractivity contribution in [1.29, 1.82) is 5.26 Å². The Kier molecular flexibility index (Phi) is 4.54. The van der Waals surface area contributed by atoms with Crippen LogP contribution in [-0.2, 0) is 0 Å². The van der Waals surface area contributed by atoms with Crippen LogP contribution in [0.2, 0.25) is 0 Å². The van der Waals surface area contributed by atoms with Gasteiger partial charge in [-0.15, -0.1) is 11.3 Å². The summed E-state index contributed by atoms with van der Waals surface area (Å²) in [5.74, 6) is 0.821. The zero-order chi connectivity index (χ0) is 21.7. The highest BCUT2D eigenvalue weighted by molar-refractivity contribution is 7.21. The number of nitrogens with zero attached hydrogens (tertiary/aromatic N) is 2. The van der Waals surface area contributed by atoms with E-state index in [-0.39, 0.29) is 28.7 Å². The molecule has 0 saturated heterocycles. The number of benzene rings is 1. The highest BCUT2D eigenvalue weighted by Crippen LogP contribution is 2.45. The number of furan rings is 1. The summed E-state index contributed by atoms with van der Waals surface area (Å²) in [5.41, 5.74) is 13.4. The number of nitrogen functional groups attached to an aromatic ring is 1. The number of hydrogen-bond donors (Lipinski definition) is 4. The fraction of sp³-hybridized carbons (Fsp3) is 0.227. The molecule has 0 bridgehead atoms. The SMILES string of the molecule is N#Cc1c(NC[C@@H]2C[C@H]2CO)nc2sc(C(N)=O)c(N)c2c1-c1cc2ccccc2o1. The molecule has 5 rings (SSSR count). The van der Waals surface area contributed by atoms with Crippen LogP contribution in [0, 0.1) is 23.2 Å². The Morgan fingerprint density at radius 1 is 1.39 bits per heavy atom. The van der Waals surface area contributed by atoms with E-state index < -0.39 is 5.91 Å². The van der Waals surface area contributed by atoms with Crippen LogP contribution in [0.1, 0.15) is 21.7 Å². The summed E-state index contributed by atoms with van der Waals surface area (Å²) in [6.07, 6.45) is 0.932. The molecular weight excluding hydrogens is 414 g/mol. The van der Waals surface area contributed by atoms with Gasteiger partial charge in [-0.25, -0.2) is 4.98 Å². The van der Waals surface area contributed by atoms with Crippen molar-refractivity contribution in [2.45, 2.75) is 6.42 Å². The summed E-state index contributed by atoms with van der Waals surface area (Å²) in [4.78, 5) is 17.2. The monoisotopic (exact) mass is 433 g/mol. The van der Waals surface area contributed by atoms with Gasteiger partial charge < -0.3 is 26.3 Å². The summed E-state index contributed by atoms with van der Waals surface area (Å²) in [5, 5.41) is 24.0. The maximum Gasteiger partial charge on any atom is 0.260 e. The van der Waals surface area contributed by atoms with E-state index in [2.05, 4.69) is 16.4 Å². The largest absolute Gasteiger partial charge is 0.456 e. The number of hydrogen-bond acceptors (Lipinski definition) is 8. The third-order valence-electron chi connectivity index (χ3n) is 5.72. The normalized spacial score (nSPS) is 17.7. The molecule has 156 valence electrons. The molecule has 3 aromatic heterocycles. The minimum absolute atomic E-state index is 0.150. The zero-order valence-corrected chi connectivity index (χ0v) is 17.2. The van der Waals surface area contributed by atoms with E-state index in [1.165, 1.54) is 0 Å². The second-order valence-electron chi connectivity index (χ2n) is 7.68. The lowest BCUT2D eigenvalue weighted by Crippen LogP contribution is -2.11. The van der Waals surface area contributed by atoms with Crippen LogP contribution in [0.15, 0.2) is 34.7 Å². The molecule has 1 amide bonds. The van der Waals surface area contributed by atoms with Gasteiger partial charge >= 0.3 is 0 Å². The number of fused-ring (bicyclic) bond motifs is 2. The smallest absolute Gasteiger partial charge is 0.260 e. The predicted octanol–water partition coefficient (Wildman–Crippen LogP) is 3.30. The second kappa shape index (κ2) is 7.27. The van der Waals surface area contributed by atoms with Gasteiger partial charge in [0, 0.05) is 23.9 Å². The standard InChI is InChI=1S/C22H19N5O3S/c23-7-13-16(15-6-10-3-1-2-4-14(10)30-15)17-18(24)19(20(25)29)31-22(17)27-21(13)26-8-11-5-12(11)9-28/h1-4,6,11-12,28H,5,8-9,24H2,(H2,25,29)(H,26,27)/t11-,12-/m0/s1. The van der Waals surface area contributed by atoms with Crippen molar-refractivity contribution in [3.63, 3.8) is 0 Å². The summed E-state index contributed by atoms with van der Waals surface area (Å²) >= 11 is 1.09. The maximum absolute atomic E-state index is 11.9. The van der Waals surface area contributed by atoms with Crippen molar-refractivity contribution >= 4 is 49.9 Å². The number of rotatable bonds is 6. The molecule has 4 aromatic rings. The first-order valence-electron chi connectivity index (χ1n) is 9.81. The molecule has 0 aliphatic heterocycles. The van der Waals surface area contributed by atoms with Gasteiger partial charge in [0.1, 0.15) is 38.5 Å². The highest BCUT2D eigenvalue weighted by Gasteiger charge is 2.36. The Balaban J connectivity index is 1.73. The van der Waals surface area contributed by atoms with Gasteiger partial charge in [0.15, 0.2) is 0 Å². The first kappa shape index (κ1) is 19.4. The van der Waals surface area contributed by atoms with Crippen LogP contribution in [0.3, 0.4) is 0 Å². The summed E-state index contributed by atoms with van der Waals surface area (Å²) in [6.45, 7) is 0.735. The number of nitrogens with one attached hydrogen (secondary N) is 1. The highest BCUT2D eigenvalue weighted by atomic mass is 32.1. The van der Waals surface area contributed by atoms with Gasteiger partial charge in [-0.2, -0.15) is 5.26 Å². The number of carbonyl (C=O) groups excluding carboxylic acids is 1. The number of amides is 1. The molecule has 9 heteroatoms. The molecule has 3 heterocycles. The zero-order valence-electron chi connectivity index (χ0n) is 16.4. The Bertz CT molecular complexity index is 1350. The molecule has 1 aliphatic rings. The number of thiophene rings is 1. The molecule has 1 aliphatic carbocycles. The van der Waals surface area contributed by atoms with Crippen molar-refractivity contribution in [3.05, 3.63) is 40.8 Å². The summed E-state index contributed by atoms with van der Waals surface area (Å²) in [7, 11) is 0. The Labute approximate surface area is 181 Å². The molecule has 6 N–H and O–H groups in total. The molecule has 0 unspecified atom stereocenters. The van der Waals surface area contributed by atoms with E-state index in [0.29, 0.717) is 45.4 Å². The molecule has 1 aromatic carbocycles. The Morgan fingerprint density at radius 2 is 2.19 bits per heavy atom. The van der Waals surface area contributed by atoms with E-state index in [9.17, 15) is 15.2 Å². The van der Waals surface area contributed by atoms with Gasteiger partial charge in [0.05, 0.1) is 11.3 Å². The van der Waals surface area contributed by atoms with Crippen molar-refractivity contribution in [3.8, 4) is 17.4 Å². The molecular formula is C22H19N5O3S. The average molecular weight is 433 g/mol. The van der Waals surface area contributed by atoms with Crippen LogP contribution in [0.25, 0.3) is 32.5 Å². The van der Waals surface area contributed by atoms with Crippen LogP contribution in [0.4, 0.5) is 11.5 Å². The number of para-hydroxylation sites is 1. The molecule has 1 saturated carbocycles. The molecule has 1 fully saturated rings. The first-order valence-corrected chi connectivity index (χ1v) is 10.6. The van der Waals surface area contributed by atoms with Gasteiger partial charge in [-0.05, 0) is 30.4 Å². The second-order valence-corrected chi connectivity index (χ2v) is 8.68. The number of anilines is 2. The molecule has 2 atom stereocenters. The van der Waals surface area contributed by atoms with E-state index in [4.69, 9.17) is 15.9 Å². The minimum atomic E-state index is -0.646. The Hall–Kier alpha value is -3.61. The van der Waals surface area contributed by atoms with Crippen molar-refractivity contribution in [1.82, 2.24) is 4.98 Å². The topological polar surface area (TPSA) is 151 Å². The van der Waals surface area contributed by atoms with E-state index >= 15 is 0 Å². The number of pyridine rings is 1. The Morgan fingerprint density at radius 3 is 2.87 bits per heavy atom. The minimum Gasteiger partial charge on any atom is -0.456 e.